The molecule has 0 bridgehead atoms. The number of ether oxygens (including phenoxy) is 2. The molecule has 0 aliphatic heterocycles. The van der Waals surface area contributed by atoms with Crippen molar-refractivity contribution in [2.45, 2.75) is 59.2 Å². The Bertz CT molecular complexity index is 825. The number of fused-ring (bicyclic) bond motifs is 1. The van der Waals surface area contributed by atoms with Crippen molar-refractivity contribution >= 4 is 23.1 Å². The van der Waals surface area contributed by atoms with Gasteiger partial charge < -0.3 is 14.4 Å². The summed E-state index contributed by atoms with van der Waals surface area (Å²) in [6.45, 7) is 11.5. The molecule has 0 aliphatic carbocycles. The van der Waals surface area contributed by atoms with Crippen molar-refractivity contribution in [1.29, 1.82) is 0 Å². The molecule has 148 valence electrons. The summed E-state index contributed by atoms with van der Waals surface area (Å²) in [5.74, 6) is 0. The lowest BCUT2D eigenvalue weighted by molar-refractivity contribution is 0.0300. The average Bonchev–Trinajstić information content (AvgIpc) is 2.88. The van der Waals surface area contributed by atoms with Crippen LogP contribution < -0.4 is 0 Å². The lowest BCUT2D eigenvalue weighted by atomic mass is 10.1. The van der Waals surface area contributed by atoms with Gasteiger partial charge >= 0.3 is 12.2 Å². The Morgan fingerprint density at radius 2 is 1.59 bits per heavy atom. The molecule has 0 atom stereocenters. The van der Waals surface area contributed by atoms with E-state index in [9.17, 15) is 9.59 Å². The molecule has 27 heavy (non-hydrogen) atoms. The van der Waals surface area contributed by atoms with E-state index in [0.717, 1.165) is 16.5 Å². The maximum atomic E-state index is 12.5. The molecule has 6 heteroatoms. The van der Waals surface area contributed by atoms with E-state index in [1.165, 1.54) is 4.57 Å². The number of rotatable bonds is 3. The summed E-state index contributed by atoms with van der Waals surface area (Å²) in [4.78, 5) is 26.2. The van der Waals surface area contributed by atoms with Crippen LogP contribution in [-0.2, 0) is 15.9 Å². The second-order valence-corrected chi connectivity index (χ2v) is 8.67. The Balaban J connectivity index is 2.19. The SMILES string of the molecule is CN(CCc1cn(C(=O)OC(C)(C)C)c2ccccc12)C(=O)OC(C)(C)C. The highest BCUT2D eigenvalue weighted by atomic mass is 16.6. The van der Waals surface area contributed by atoms with Gasteiger partial charge in [-0.3, -0.25) is 4.57 Å². The van der Waals surface area contributed by atoms with Crippen LogP contribution in [0.5, 0.6) is 0 Å². The van der Waals surface area contributed by atoms with Crippen LogP contribution in [0.2, 0.25) is 0 Å². The van der Waals surface area contributed by atoms with E-state index in [4.69, 9.17) is 9.47 Å². The minimum atomic E-state index is -0.570. The summed E-state index contributed by atoms with van der Waals surface area (Å²) in [6.07, 6.45) is 1.62. The van der Waals surface area contributed by atoms with E-state index in [1.807, 2.05) is 65.8 Å². The first-order valence-corrected chi connectivity index (χ1v) is 9.14. The summed E-state index contributed by atoms with van der Waals surface area (Å²) in [6, 6.07) is 7.68. The van der Waals surface area contributed by atoms with Gasteiger partial charge in [0.2, 0.25) is 0 Å². The van der Waals surface area contributed by atoms with Crippen LogP contribution >= 0.6 is 0 Å². The molecule has 0 radical (unpaired) electrons. The second-order valence-electron chi connectivity index (χ2n) is 8.67. The molecule has 1 amide bonds. The predicted molar refractivity (Wildman–Crippen MR) is 106 cm³/mol. The average molecular weight is 374 g/mol. The number of hydrogen-bond donors (Lipinski definition) is 0. The van der Waals surface area contributed by atoms with Crippen LogP contribution in [0.1, 0.15) is 47.1 Å². The molecule has 0 N–H and O–H groups in total. The number of likely N-dealkylation sites (N-methyl/N-ethyl adjacent to an activating group) is 1. The normalized spacial score (nSPS) is 12.1. The van der Waals surface area contributed by atoms with Crippen molar-refractivity contribution in [3.05, 3.63) is 36.0 Å². The van der Waals surface area contributed by atoms with Gasteiger partial charge in [0.05, 0.1) is 5.52 Å². The molecule has 1 aromatic heterocycles. The first-order valence-electron chi connectivity index (χ1n) is 9.14. The van der Waals surface area contributed by atoms with Crippen molar-refractivity contribution in [2.24, 2.45) is 0 Å². The molecule has 0 fully saturated rings. The quantitative estimate of drug-likeness (QED) is 0.772. The van der Waals surface area contributed by atoms with Gasteiger partial charge in [-0.15, -0.1) is 0 Å². The van der Waals surface area contributed by atoms with E-state index in [0.29, 0.717) is 13.0 Å². The highest BCUT2D eigenvalue weighted by molar-refractivity contribution is 5.92. The van der Waals surface area contributed by atoms with Crippen LogP contribution in [0.4, 0.5) is 9.59 Å². The van der Waals surface area contributed by atoms with Crippen molar-refractivity contribution in [3.63, 3.8) is 0 Å². The zero-order chi connectivity index (χ0) is 20.4. The number of aromatic nitrogens is 1. The summed E-state index contributed by atoms with van der Waals surface area (Å²) < 4.78 is 12.4. The molecule has 6 nitrogen and oxygen atoms in total. The van der Waals surface area contributed by atoms with E-state index in [1.54, 1.807) is 18.1 Å². The Morgan fingerprint density at radius 3 is 2.19 bits per heavy atom. The van der Waals surface area contributed by atoms with Gasteiger partial charge in [0.15, 0.2) is 0 Å². The first-order chi connectivity index (χ1) is 12.4. The lowest BCUT2D eigenvalue weighted by Gasteiger charge is -2.24. The summed E-state index contributed by atoms with van der Waals surface area (Å²) >= 11 is 0. The highest BCUT2D eigenvalue weighted by Crippen LogP contribution is 2.23. The van der Waals surface area contributed by atoms with Gasteiger partial charge in [-0.1, -0.05) is 18.2 Å². The number of nitrogens with zero attached hydrogens (tertiary/aromatic N) is 2. The minimum Gasteiger partial charge on any atom is -0.444 e. The fourth-order valence-electron chi connectivity index (χ4n) is 2.63. The molecular weight excluding hydrogens is 344 g/mol. The van der Waals surface area contributed by atoms with Gasteiger partial charge in [-0.05, 0) is 59.6 Å². The van der Waals surface area contributed by atoms with Crippen molar-refractivity contribution in [2.75, 3.05) is 13.6 Å². The van der Waals surface area contributed by atoms with Crippen molar-refractivity contribution in [1.82, 2.24) is 9.47 Å². The lowest BCUT2D eigenvalue weighted by Crippen LogP contribution is -2.35. The largest absolute Gasteiger partial charge is 0.444 e. The Kier molecular flexibility index (Phi) is 5.88. The second kappa shape index (κ2) is 7.62. The van der Waals surface area contributed by atoms with Gasteiger partial charge in [-0.25, -0.2) is 9.59 Å². The number of para-hydroxylation sites is 1. The third-order valence-electron chi connectivity index (χ3n) is 3.81. The molecule has 0 saturated carbocycles. The maximum Gasteiger partial charge on any atom is 0.419 e. The predicted octanol–water partition coefficient (Wildman–Crippen LogP) is 4.83. The van der Waals surface area contributed by atoms with Crippen LogP contribution in [0, 0.1) is 0 Å². The summed E-state index contributed by atoms with van der Waals surface area (Å²) in [5.41, 5.74) is 0.672. The molecule has 0 saturated heterocycles. The van der Waals surface area contributed by atoms with Crippen molar-refractivity contribution in [3.8, 4) is 0 Å². The molecular formula is C21H30N2O4. The third-order valence-corrected chi connectivity index (χ3v) is 3.81. The maximum absolute atomic E-state index is 12.5. The van der Waals surface area contributed by atoms with Gasteiger partial charge in [-0.2, -0.15) is 0 Å². The number of amides is 1. The molecule has 0 spiro atoms. The van der Waals surface area contributed by atoms with Gasteiger partial charge in [0.1, 0.15) is 11.2 Å². The molecule has 2 aromatic rings. The fourth-order valence-corrected chi connectivity index (χ4v) is 2.63. The summed E-state index contributed by atoms with van der Waals surface area (Å²) in [5, 5.41) is 0.973. The van der Waals surface area contributed by atoms with Crippen LogP contribution in [-0.4, -0.2) is 46.4 Å². The van der Waals surface area contributed by atoms with Gasteiger partial charge in [0.25, 0.3) is 0 Å². The molecule has 0 unspecified atom stereocenters. The number of benzene rings is 1. The number of carbonyl (C=O) groups excluding carboxylic acids is 2. The molecule has 0 aliphatic rings. The molecule has 2 rings (SSSR count). The first kappa shape index (κ1) is 20.8. The van der Waals surface area contributed by atoms with E-state index in [-0.39, 0.29) is 6.09 Å². The topological polar surface area (TPSA) is 60.8 Å². The number of carbonyl (C=O) groups is 2. The van der Waals surface area contributed by atoms with E-state index >= 15 is 0 Å². The zero-order valence-corrected chi connectivity index (χ0v) is 17.3. The third kappa shape index (κ3) is 5.74. The highest BCUT2D eigenvalue weighted by Gasteiger charge is 2.22. The van der Waals surface area contributed by atoms with Crippen LogP contribution in [0.25, 0.3) is 10.9 Å². The standard InChI is InChI=1S/C21H30N2O4/c1-20(2,3)26-18(24)22(7)13-12-15-14-23(19(25)27-21(4,5)6)17-11-9-8-10-16(15)17/h8-11,14H,12-13H2,1-7H3. The fraction of sp³-hybridized carbons (Fsp3) is 0.524. The number of hydrogen-bond acceptors (Lipinski definition) is 4. The monoisotopic (exact) mass is 374 g/mol. The Labute approximate surface area is 161 Å². The Morgan fingerprint density at radius 1 is 1.00 bits per heavy atom. The Hall–Kier alpha value is -2.50. The zero-order valence-electron chi connectivity index (χ0n) is 17.3. The molecule has 1 aromatic carbocycles. The van der Waals surface area contributed by atoms with E-state index in [2.05, 4.69) is 0 Å². The smallest absolute Gasteiger partial charge is 0.419 e. The van der Waals surface area contributed by atoms with Crippen LogP contribution in [0.3, 0.4) is 0 Å². The van der Waals surface area contributed by atoms with Gasteiger partial charge in [0, 0.05) is 25.2 Å². The molecule has 1 heterocycles. The van der Waals surface area contributed by atoms with Crippen LogP contribution in [0.15, 0.2) is 30.5 Å². The minimum absolute atomic E-state index is 0.363. The van der Waals surface area contributed by atoms with Crippen molar-refractivity contribution < 1.29 is 19.1 Å². The summed E-state index contributed by atoms with van der Waals surface area (Å²) in [7, 11) is 1.71. The van der Waals surface area contributed by atoms with E-state index < -0.39 is 17.3 Å².